The van der Waals surface area contributed by atoms with Crippen LogP contribution in [0.25, 0.3) is 0 Å². The molecule has 1 aliphatic rings. The Balaban J connectivity index is 0.000000487. The van der Waals surface area contributed by atoms with Crippen LogP contribution in [-0.2, 0) is 4.57 Å². The average Bonchev–Trinajstić information content (AvgIpc) is 2.12. The van der Waals surface area contributed by atoms with Gasteiger partial charge in [0.1, 0.15) is 0 Å². The van der Waals surface area contributed by atoms with Gasteiger partial charge in [-0.15, -0.1) is 0 Å². The number of rotatable bonds is 4. The number of nitriles is 1. The Morgan fingerprint density at radius 2 is 1.88 bits per heavy atom. The van der Waals surface area contributed by atoms with Crippen molar-refractivity contribution in [1.29, 1.82) is 5.26 Å². The highest BCUT2D eigenvalue weighted by Crippen LogP contribution is 2.43. The minimum Gasteiger partial charge on any atom is -0.324 e. The fourth-order valence-corrected chi connectivity index (χ4v) is 2.29. The van der Waals surface area contributed by atoms with Crippen LogP contribution in [0, 0.1) is 23.2 Å². The topological polar surface area (TPSA) is 81.3 Å². The van der Waals surface area contributed by atoms with E-state index in [9.17, 15) is 4.57 Å². The molecule has 0 aliphatic heterocycles. The van der Waals surface area contributed by atoms with Gasteiger partial charge in [0.2, 0.25) is 0 Å². The molecule has 5 heteroatoms. The predicted molar refractivity (Wildman–Crippen MR) is 63.9 cm³/mol. The van der Waals surface area contributed by atoms with E-state index in [1.165, 1.54) is 12.8 Å². The third-order valence-electron chi connectivity index (χ3n) is 2.82. The molecule has 1 rings (SSSR count). The average molecular weight is 247 g/mol. The maximum absolute atomic E-state index is 10.6. The molecule has 1 unspecified atom stereocenters. The van der Waals surface area contributed by atoms with Crippen molar-refractivity contribution in [3.63, 3.8) is 0 Å². The zero-order valence-electron chi connectivity index (χ0n) is 10.1. The summed E-state index contributed by atoms with van der Waals surface area (Å²) in [7, 11) is -3.99. The molecule has 0 amide bonds. The molecule has 94 valence electrons. The number of unbranched alkanes of at least 4 members (excludes halogenated alkanes) is 1. The fourth-order valence-electron chi connectivity index (χ4n) is 1.39. The Hall–Kier alpha value is -0.360. The monoisotopic (exact) mass is 247 g/mol. The highest BCUT2D eigenvalue weighted by Gasteiger charge is 2.32. The largest absolute Gasteiger partial charge is 0.326 e. The van der Waals surface area contributed by atoms with Crippen molar-refractivity contribution < 1.29 is 14.4 Å². The van der Waals surface area contributed by atoms with Crippen LogP contribution in [0.4, 0.5) is 0 Å². The molecule has 1 atom stereocenters. The second-order valence-electron chi connectivity index (χ2n) is 4.27. The van der Waals surface area contributed by atoms with Gasteiger partial charge >= 0.3 is 7.60 Å². The van der Waals surface area contributed by atoms with Gasteiger partial charge < -0.3 is 9.79 Å². The SMILES string of the molecule is CCCC.N#CC(CP(=O)(O)O)C1CCC1. The molecule has 1 saturated carbocycles. The summed E-state index contributed by atoms with van der Waals surface area (Å²) < 4.78 is 10.6. The van der Waals surface area contributed by atoms with E-state index < -0.39 is 13.5 Å². The van der Waals surface area contributed by atoms with Gasteiger partial charge in [-0.3, -0.25) is 4.57 Å². The van der Waals surface area contributed by atoms with Gasteiger partial charge in [0.15, 0.2) is 0 Å². The van der Waals surface area contributed by atoms with Gasteiger partial charge in [-0.25, -0.2) is 0 Å². The van der Waals surface area contributed by atoms with Crippen LogP contribution in [0.1, 0.15) is 46.0 Å². The van der Waals surface area contributed by atoms with Gasteiger partial charge in [0.05, 0.1) is 18.1 Å². The third-order valence-corrected chi connectivity index (χ3v) is 3.69. The molecule has 16 heavy (non-hydrogen) atoms. The van der Waals surface area contributed by atoms with Crippen LogP contribution in [0.5, 0.6) is 0 Å². The van der Waals surface area contributed by atoms with E-state index in [-0.39, 0.29) is 12.1 Å². The molecule has 0 saturated heterocycles. The van der Waals surface area contributed by atoms with Gasteiger partial charge in [-0.05, 0) is 18.8 Å². The van der Waals surface area contributed by atoms with Gasteiger partial charge in [0, 0.05) is 0 Å². The first-order valence-corrected chi connectivity index (χ1v) is 7.68. The van der Waals surface area contributed by atoms with Crippen molar-refractivity contribution in [3.05, 3.63) is 0 Å². The fraction of sp³-hybridized carbons (Fsp3) is 0.909. The molecule has 0 spiro atoms. The first-order chi connectivity index (χ1) is 7.44. The van der Waals surface area contributed by atoms with E-state index in [1.54, 1.807) is 0 Å². The summed E-state index contributed by atoms with van der Waals surface area (Å²) in [6, 6.07) is 1.97. The van der Waals surface area contributed by atoms with E-state index in [2.05, 4.69) is 13.8 Å². The molecule has 0 aromatic carbocycles. The number of nitrogens with zero attached hydrogens (tertiary/aromatic N) is 1. The van der Waals surface area contributed by atoms with E-state index in [0.29, 0.717) is 0 Å². The van der Waals surface area contributed by atoms with E-state index >= 15 is 0 Å². The van der Waals surface area contributed by atoms with Crippen molar-refractivity contribution in [2.45, 2.75) is 46.0 Å². The summed E-state index contributed by atoms with van der Waals surface area (Å²) in [6.07, 6.45) is 5.34. The molecular weight excluding hydrogens is 225 g/mol. The van der Waals surface area contributed by atoms with Crippen molar-refractivity contribution in [2.75, 3.05) is 6.16 Å². The standard InChI is InChI=1S/C7H12NO3P.C4H10/c8-4-7(5-12(9,10)11)6-2-1-3-6;1-3-4-2/h6-7H,1-3,5H2,(H2,9,10,11);3-4H2,1-2H3. The van der Waals surface area contributed by atoms with Crippen LogP contribution in [0.2, 0.25) is 0 Å². The van der Waals surface area contributed by atoms with Crippen molar-refractivity contribution in [3.8, 4) is 6.07 Å². The molecule has 0 aromatic rings. The molecule has 0 bridgehead atoms. The first kappa shape index (κ1) is 15.6. The van der Waals surface area contributed by atoms with E-state index in [0.717, 1.165) is 19.3 Å². The van der Waals surface area contributed by atoms with Crippen LogP contribution >= 0.6 is 7.60 Å². The number of hydrogen-bond donors (Lipinski definition) is 2. The summed E-state index contributed by atoms with van der Waals surface area (Å²) in [4.78, 5) is 17.3. The van der Waals surface area contributed by atoms with E-state index in [4.69, 9.17) is 15.0 Å². The third kappa shape index (κ3) is 7.00. The lowest BCUT2D eigenvalue weighted by Crippen LogP contribution is -2.23. The van der Waals surface area contributed by atoms with Gasteiger partial charge in [-0.1, -0.05) is 33.1 Å². The predicted octanol–water partition coefficient (Wildman–Crippen LogP) is 2.91. The molecule has 2 N–H and O–H groups in total. The summed E-state index contributed by atoms with van der Waals surface area (Å²) in [5.41, 5.74) is 0. The smallest absolute Gasteiger partial charge is 0.324 e. The lowest BCUT2D eigenvalue weighted by molar-refractivity contribution is 0.251. The summed E-state index contributed by atoms with van der Waals surface area (Å²) >= 11 is 0. The summed E-state index contributed by atoms with van der Waals surface area (Å²) in [5.74, 6) is -0.220. The van der Waals surface area contributed by atoms with Crippen LogP contribution in [0.15, 0.2) is 0 Å². The Morgan fingerprint density at radius 1 is 1.38 bits per heavy atom. The van der Waals surface area contributed by atoms with Crippen molar-refractivity contribution >= 4 is 7.60 Å². The molecule has 1 fully saturated rings. The Kier molecular flexibility index (Phi) is 7.66. The highest BCUT2D eigenvalue weighted by molar-refractivity contribution is 7.51. The molecule has 0 aromatic heterocycles. The first-order valence-electron chi connectivity index (χ1n) is 5.88. The molecule has 4 nitrogen and oxygen atoms in total. The van der Waals surface area contributed by atoms with Gasteiger partial charge in [-0.2, -0.15) is 5.26 Å². The second-order valence-corrected chi connectivity index (χ2v) is 5.97. The minimum atomic E-state index is -3.99. The quantitative estimate of drug-likeness (QED) is 0.748. The number of hydrogen-bond acceptors (Lipinski definition) is 2. The summed E-state index contributed by atoms with van der Waals surface area (Å²) in [6.45, 7) is 4.36. The Labute approximate surface area is 97.8 Å². The normalized spacial score (nSPS) is 17.7. The lowest BCUT2D eigenvalue weighted by Gasteiger charge is -2.29. The second kappa shape index (κ2) is 7.84. The lowest BCUT2D eigenvalue weighted by atomic mass is 9.77. The van der Waals surface area contributed by atoms with Gasteiger partial charge in [0.25, 0.3) is 0 Å². The Bertz CT molecular complexity index is 263. The van der Waals surface area contributed by atoms with E-state index in [1.807, 2.05) is 6.07 Å². The van der Waals surface area contributed by atoms with Crippen LogP contribution in [0.3, 0.4) is 0 Å². The zero-order chi connectivity index (χ0) is 12.6. The Morgan fingerprint density at radius 3 is 2.06 bits per heavy atom. The van der Waals surface area contributed by atoms with Crippen LogP contribution in [-0.4, -0.2) is 15.9 Å². The molecule has 0 radical (unpaired) electrons. The minimum absolute atomic E-state index is 0.225. The van der Waals surface area contributed by atoms with Crippen molar-refractivity contribution in [1.82, 2.24) is 0 Å². The maximum atomic E-state index is 10.6. The molecular formula is C11H22NO3P. The zero-order valence-corrected chi connectivity index (χ0v) is 11.0. The highest BCUT2D eigenvalue weighted by atomic mass is 31.2. The van der Waals surface area contributed by atoms with Crippen molar-refractivity contribution in [2.24, 2.45) is 11.8 Å². The molecule has 0 heterocycles. The maximum Gasteiger partial charge on any atom is 0.326 e. The summed E-state index contributed by atoms with van der Waals surface area (Å²) in [5, 5.41) is 8.63. The molecule has 1 aliphatic carbocycles. The van der Waals surface area contributed by atoms with Crippen LogP contribution < -0.4 is 0 Å².